The molecule has 1 N–H and O–H groups in total. The Hall–Kier alpha value is -1.25. The van der Waals surface area contributed by atoms with Crippen molar-refractivity contribution in [2.24, 2.45) is 10.4 Å². The van der Waals surface area contributed by atoms with Crippen LogP contribution in [0.5, 0.6) is 0 Å². The minimum Gasteiger partial charge on any atom is -0.459 e. The van der Waals surface area contributed by atoms with Gasteiger partial charge in [0.25, 0.3) is 5.91 Å². The molecule has 1 aromatic rings. The van der Waals surface area contributed by atoms with Gasteiger partial charge in [-0.3, -0.25) is 9.79 Å². The normalized spacial score (nSPS) is 15.8. The lowest BCUT2D eigenvalue weighted by Gasteiger charge is -2.36. The summed E-state index contributed by atoms with van der Waals surface area (Å²) in [4.78, 5) is 20.7. The van der Waals surface area contributed by atoms with Crippen molar-refractivity contribution in [2.75, 3.05) is 39.8 Å². The fourth-order valence-electron chi connectivity index (χ4n) is 2.83. The van der Waals surface area contributed by atoms with E-state index in [0.29, 0.717) is 24.3 Å². The van der Waals surface area contributed by atoms with E-state index in [1.54, 1.807) is 12.1 Å². The molecule has 142 valence electrons. The van der Waals surface area contributed by atoms with E-state index < -0.39 is 0 Å². The van der Waals surface area contributed by atoms with Crippen LogP contribution in [0.1, 0.15) is 44.2 Å². The Bertz CT molecular complexity index is 544. The number of piperazine rings is 1. The van der Waals surface area contributed by atoms with E-state index in [-0.39, 0.29) is 29.9 Å². The Morgan fingerprint density at radius 2 is 1.88 bits per heavy atom. The van der Waals surface area contributed by atoms with Crippen LogP contribution in [0.15, 0.2) is 27.8 Å². The molecule has 0 spiro atoms. The number of nitrogens with zero attached hydrogens (tertiary/aromatic N) is 3. The summed E-state index contributed by atoms with van der Waals surface area (Å²) in [5.74, 6) is 1.30. The highest BCUT2D eigenvalue weighted by Gasteiger charge is 2.25. The highest BCUT2D eigenvalue weighted by Crippen LogP contribution is 2.19. The molecule has 1 aromatic heterocycles. The quantitative estimate of drug-likeness (QED) is 0.324. The molecular weight excluding hydrogens is 431 g/mol. The summed E-state index contributed by atoms with van der Waals surface area (Å²) in [7, 11) is 1.81. The van der Waals surface area contributed by atoms with Gasteiger partial charge in [0.2, 0.25) is 0 Å². The lowest BCUT2D eigenvalue weighted by Crippen LogP contribution is -2.53. The van der Waals surface area contributed by atoms with Gasteiger partial charge in [0.15, 0.2) is 11.7 Å². The number of nitrogens with one attached hydrogen (secondary N) is 1. The molecule has 0 aromatic carbocycles. The lowest BCUT2D eigenvalue weighted by molar-refractivity contribution is 0.0657. The van der Waals surface area contributed by atoms with Crippen LogP contribution in [0, 0.1) is 5.41 Å². The van der Waals surface area contributed by atoms with Gasteiger partial charge in [-0.05, 0) is 30.4 Å². The standard InChI is InChI=1S/C18H30N4O2.HI/c1-18(2,3)8-6-9-20-17(19-4)22-12-10-21(11-13-22)16(23)15-7-5-14-24-15;/h5,7,14H,6,8-13H2,1-4H3,(H,19,20);1H. The van der Waals surface area contributed by atoms with Crippen LogP contribution in [0.4, 0.5) is 0 Å². The van der Waals surface area contributed by atoms with Crippen LogP contribution in [0.2, 0.25) is 0 Å². The largest absolute Gasteiger partial charge is 0.459 e. The average molecular weight is 462 g/mol. The number of hydrogen-bond donors (Lipinski definition) is 1. The van der Waals surface area contributed by atoms with Crippen molar-refractivity contribution in [1.29, 1.82) is 0 Å². The van der Waals surface area contributed by atoms with Gasteiger partial charge in [-0.15, -0.1) is 24.0 Å². The zero-order chi connectivity index (χ0) is 17.6. The molecule has 1 amide bonds. The first-order valence-corrected chi connectivity index (χ1v) is 8.69. The van der Waals surface area contributed by atoms with Crippen LogP contribution in [0.3, 0.4) is 0 Å². The monoisotopic (exact) mass is 462 g/mol. The van der Waals surface area contributed by atoms with Crippen LogP contribution in [0.25, 0.3) is 0 Å². The van der Waals surface area contributed by atoms with Crippen molar-refractivity contribution in [2.45, 2.75) is 33.6 Å². The highest BCUT2D eigenvalue weighted by atomic mass is 127. The van der Waals surface area contributed by atoms with Gasteiger partial charge in [0.1, 0.15) is 0 Å². The Morgan fingerprint density at radius 3 is 2.40 bits per heavy atom. The molecule has 0 saturated carbocycles. The Balaban J connectivity index is 0.00000312. The molecule has 25 heavy (non-hydrogen) atoms. The first kappa shape index (κ1) is 21.8. The van der Waals surface area contributed by atoms with Gasteiger partial charge < -0.3 is 19.5 Å². The van der Waals surface area contributed by atoms with E-state index >= 15 is 0 Å². The topological polar surface area (TPSA) is 61.1 Å². The summed E-state index contributed by atoms with van der Waals surface area (Å²) in [6.07, 6.45) is 3.84. The molecule has 0 radical (unpaired) electrons. The zero-order valence-electron chi connectivity index (χ0n) is 15.7. The zero-order valence-corrected chi connectivity index (χ0v) is 18.1. The number of carbonyl (C=O) groups is 1. The van der Waals surface area contributed by atoms with Gasteiger partial charge in [0, 0.05) is 39.8 Å². The summed E-state index contributed by atoms with van der Waals surface area (Å²) < 4.78 is 5.20. The van der Waals surface area contributed by atoms with E-state index in [1.165, 1.54) is 12.7 Å². The maximum absolute atomic E-state index is 12.3. The molecule has 0 aliphatic carbocycles. The molecule has 1 aliphatic rings. The summed E-state index contributed by atoms with van der Waals surface area (Å²) in [5.41, 5.74) is 0.364. The van der Waals surface area contributed by atoms with Crippen LogP contribution in [-0.2, 0) is 0 Å². The van der Waals surface area contributed by atoms with Crippen molar-refractivity contribution in [1.82, 2.24) is 15.1 Å². The second-order valence-corrected chi connectivity index (χ2v) is 7.39. The summed E-state index contributed by atoms with van der Waals surface area (Å²) >= 11 is 0. The first-order chi connectivity index (χ1) is 11.4. The number of halogens is 1. The third-order valence-corrected chi connectivity index (χ3v) is 4.20. The molecule has 6 nitrogen and oxygen atoms in total. The SMILES string of the molecule is CN=C(NCCCC(C)(C)C)N1CCN(C(=O)c2ccco2)CC1.I. The van der Waals surface area contributed by atoms with Crippen LogP contribution in [-0.4, -0.2) is 61.4 Å². The van der Waals surface area contributed by atoms with E-state index in [2.05, 4.69) is 36.0 Å². The molecule has 1 saturated heterocycles. The summed E-state index contributed by atoms with van der Waals surface area (Å²) in [5, 5.41) is 3.44. The lowest BCUT2D eigenvalue weighted by atomic mass is 9.91. The fourth-order valence-corrected chi connectivity index (χ4v) is 2.83. The molecule has 2 rings (SSSR count). The Labute approximate surface area is 168 Å². The smallest absolute Gasteiger partial charge is 0.289 e. The number of carbonyl (C=O) groups excluding carboxylic acids is 1. The molecule has 2 heterocycles. The maximum Gasteiger partial charge on any atom is 0.289 e. The van der Waals surface area contributed by atoms with E-state index in [1.807, 2.05) is 11.9 Å². The molecule has 0 atom stereocenters. The predicted octanol–water partition coefficient (Wildman–Crippen LogP) is 3.06. The molecule has 0 unspecified atom stereocenters. The minimum absolute atomic E-state index is 0. The number of guanidine groups is 1. The van der Waals surface area contributed by atoms with Gasteiger partial charge in [0.05, 0.1) is 6.26 Å². The second-order valence-electron chi connectivity index (χ2n) is 7.39. The molecule has 1 aliphatic heterocycles. The average Bonchev–Trinajstić information content (AvgIpc) is 3.08. The molecule has 1 fully saturated rings. The summed E-state index contributed by atoms with van der Waals surface area (Å²) in [6, 6.07) is 3.46. The van der Waals surface area contributed by atoms with Crippen molar-refractivity contribution in [3.05, 3.63) is 24.2 Å². The summed E-state index contributed by atoms with van der Waals surface area (Å²) in [6.45, 7) is 10.6. The first-order valence-electron chi connectivity index (χ1n) is 8.69. The number of hydrogen-bond acceptors (Lipinski definition) is 3. The van der Waals surface area contributed by atoms with Gasteiger partial charge in [-0.1, -0.05) is 20.8 Å². The van der Waals surface area contributed by atoms with Gasteiger partial charge >= 0.3 is 0 Å². The van der Waals surface area contributed by atoms with Crippen molar-refractivity contribution >= 4 is 35.8 Å². The molecule has 7 heteroatoms. The maximum atomic E-state index is 12.3. The third kappa shape index (κ3) is 6.87. The Kier molecular flexibility index (Phi) is 8.75. The minimum atomic E-state index is -0.0345. The van der Waals surface area contributed by atoms with Crippen LogP contribution < -0.4 is 5.32 Å². The van der Waals surface area contributed by atoms with Crippen molar-refractivity contribution in [3.63, 3.8) is 0 Å². The van der Waals surface area contributed by atoms with Gasteiger partial charge in [-0.25, -0.2) is 0 Å². The number of aliphatic imine (C=N–C) groups is 1. The fraction of sp³-hybridized carbons (Fsp3) is 0.667. The van der Waals surface area contributed by atoms with Crippen molar-refractivity contribution in [3.8, 4) is 0 Å². The number of furan rings is 1. The Morgan fingerprint density at radius 1 is 1.24 bits per heavy atom. The van der Waals surface area contributed by atoms with Crippen LogP contribution >= 0.6 is 24.0 Å². The number of rotatable bonds is 4. The second kappa shape index (κ2) is 10.0. The van der Waals surface area contributed by atoms with E-state index in [0.717, 1.165) is 32.0 Å². The number of amides is 1. The van der Waals surface area contributed by atoms with E-state index in [9.17, 15) is 4.79 Å². The van der Waals surface area contributed by atoms with Crippen molar-refractivity contribution < 1.29 is 9.21 Å². The highest BCUT2D eigenvalue weighted by molar-refractivity contribution is 14.0. The van der Waals surface area contributed by atoms with Gasteiger partial charge in [-0.2, -0.15) is 0 Å². The molecule has 0 bridgehead atoms. The third-order valence-electron chi connectivity index (χ3n) is 4.20. The van der Waals surface area contributed by atoms with E-state index in [4.69, 9.17) is 4.42 Å². The molecular formula is C18H31IN4O2. The predicted molar refractivity (Wildman–Crippen MR) is 112 cm³/mol.